The van der Waals surface area contributed by atoms with E-state index >= 15 is 0 Å². The Balaban J connectivity index is 2.69. The molecule has 1 aromatic rings. The lowest BCUT2D eigenvalue weighted by molar-refractivity contribution is -0.119. The topological polar surface area (TPSA) is 46.2 Å². The summed E-state index contributed by atoms with van der Waals surface area (Å²) in [4.78, 5) is 22.6. The van der Waals surface area contributed by atoms with E-state index in [0.29, 0.717) is 5.56 Å². The Morgan fingerprint density at radius 2 is 1.80 bits per heavy atom. The standard InChI is InChI=1S/C11H12ClNO2/c1-7-3-5-9(6-4-7)11(15)13-10(14)8(2)12/h3-6,8H,1-2H3,(H,13,14,15). The number of rotatable bonds is 2. The maximum absolute atomic E-state index is 11.5. The summed E-state index contributed by atoms with van der Waals surface area (Å²) < 4.78 is 0. The number of carbonyl (C=O) groups excluding carboxylic acids is 2. The number of nitrogens with one attached hydrogen (secondary N) is 1. The van der Waals surface area contributed by atoms with Crippen LogP contribution in [0.2, 0.25) is 0 Å². The largest absolute Gasteiger partial charge is 0.291 e. The molecule has 0 aliphatic heterocycles. The van der Waals surface area contributed by atoms with Crippen molar-refractivity contribution in [3.05, 3.63) is 35.4 Å². The van der Waals surface area contributed by atoms with E-state index in [1.165, 1.54) is 6.92 Å². The molecule has 0 spiro atoms. The maximum Gasteiger partial charge on any atom is 0.257 e. The van der Waals surface area contributed by atoms with Crippen LogP contribution >= 0.6 is 11.6 Å². The summed E-state index contributed by atoms with van der Waals surface area (Å²) in [6, 6.07) is 6.95. The van der Waals surface area contributed by atoms with E-state index in [1.807, 2.05) is 19.1 Å². The van der Waals surface area contributed by atoms with Crippen molar-refractivity contribution in [2.75, 3.05) is 0 Å². The quantitative estimate of drug-likeness (QED) is 0.782. The van der Waals surface area contributed by atoms with Crippen LogP contribution in [0.15, 0.2) is 24.3 Å². The fourth-order valence-corrected chi connectivity index (χ4v) is 1.04. The molecule has 1 unspecified atom stereocenters. The van der Waals surface area contributed by atoms with Crippen molar-refractivity contribution in [2.24, 2.45) is 0 Å². The molecule has 80 valence electrons. The molecule has 2 amide bonds. The summed E-state index contributed by atoms with van der Waals surface area (Å²) in [5.74, 6) is -0.908. The van der Waals surface area contributed by atoms with Crippen molar-refractivity contribution in [2.45, 2.75) is 19.2 Å². The molecule has 0 fully saturated rings. The highest BCUT2D eigenvalue weighted by Crippen LogP contribution is 2.03. The fourth-order valence-electron chi connectivity index (χ4n) is 0.988. The molecule has 0 saturated carbocycles. The molecular formula is C11H12ClNO2. The normalized spacial score (nSPS) is 11.9. The van der Waals surface area contributed by atoms with E-state index in [4.69, 9.17) is 11.6 Å². The monoisotopic (exact) mass is 225 g/mol. The molecule has 3 nitrogen and oxygen atoms in total. The van der Waals surface area contributed by atoms with Crippen molar-refractivity contribution in [1.82, 2.24) is 5.32 Å². The Morgan fingerprint density at radius 1 is 1.27 bits per heavy atom. The lowest BCUT2D eigenvalue weighted by atomic mass is 10.1. The number of amides is 2. The van der Waals surface area contributed by atoms with Gasteiger partial charge in [-0.15, -0.1) is 11.6 Å². The molecule has 0 radical (unpaired) electrons. The van der Waals surface area contributed by atoms with Gasteiger partial charge in [-0.1, -0.05) is 17.7 Å². The van der Waals surface area contributed by atoms with Gasteiger partial charge < -0.3 is 0 Å². The Hall–Kier alpha value is -1.35. The number of alkyl halides is 1. The van der Waals surface area contributed by atoms with Crippen LogP contribution < -0.4 is 5.32 Å². The van der Waals surface area contributed by atoms with E-state index in [9.17, 15) is 9.59 Å². The van der Waals surface area contributed by atoms with Crippen molar-refractivity contribution < 1.29 is 9.59 Å². The first-order chi connectivity index (χ1) is 7.00. The first kappa shape index (κ1) is 11.7. The van der Waals surface area contributed by atoms with Gasteiger partial charge in [-0.25, -0.2) is 0 Å². The molecule has 1 rings (SSSR count). The SMILES string of the molecule is Cc1ccc(C(=O)NC(=O)C(C)Cl)cc1. The molecular weight excluding hydrogens is 214 g/mol. The smallest absolute Gasteiger partial charge is 0.257 e. The van der Waals surface area contributed by atoms with E-state index in [1.54, 1.807) is 12.1 Å². The van der Waals surface area contributed by atoms with E-state index in [-0.39, 0.29) is 0 Å². The predicted molar refractivity (Wildman–Crippen MR) is 59.0 cm³/mol. The highest BCUT2D eigenvalue weighted by molar-refractivity contribution is 6.31. The second-order valence-electron chi connectivity index (χ2n) is 3.30. The molecule has 15 heavy (non-hydrogen) atoms. The average Bonchev–Trinajstić information content (AvgIpc) is 2.18. The number of benzene rings is 1. The van der Waals surface area contributed by atoms with E-state index < -0.39 is 17.2 Å². The van der Waals surface area contributed by atoms with E-state index in [0.717, 1.165) is 5.56 Å². The van der Waals surface area contributed by atoms with E-state index in [2.05, 4.69) is 5.32 Å². The minimum atomic E-state index is -0.709. The molecule has 0 aliphatic rings. The summed E-state index contributed by atoms with van der Waals surface area (Å²) in [5, 5.41) is 1.50. The van der Waals surface area contributed by atoms with Gasteiger partial charge >= 0.3 is 0 Å². The molecule has 1 aromatic carbocycles. The highest BCUT2D eigenvalue weighted by Gasteiger charge is 2.13. The number of carbonyl (C=O) groups is 2. The number of aryl methyl sites for hydroxylation is 1. The summed E-state index contributed by atoms with van der Waals surface area (Å²) in [6.07, 6.45) is 0. The zero-order valence-electron chi connectivity index (χ0n) is 8.58. The van der Waals surface area contributed by atoms with Crippen LogP contribution in [0.1, 0.15) is 22.8 Å². The van der Waals surface area contributed by atoms with Crippen molar-refractivity contribution in [3.8, 4) is 0 Å². The Morgan fingerprint density at radius 3 is 2.27 bits per heavy atom. The van der Waals surface area contributed by atoms with Gasteiger partial charge in [0.2, 0.25) is 5.91 Å². The first-order valence-electron chi connectivity index (χ1n) is 4.56. The fraction of sp³-hybridized carbons (Fsp3) is 0.273. The molecule has 0 heterocycles. The van der Waals surface area contributed by atoms with Gasteiger partial charge in [-0.2, -0.15) is 0 Å². The number of hydrogen-bond acceptors (Lipinski definition) is 2. The van der Waals surface area contributed by atoms with Crippen molar-refractivity contribution >= 4 is 23.4 Å². The number of imide groups is 1. The van der Waals surface area contributed by atoms with Crippen molar-refractivity contribution in [1.29, 1.82) is 0 Å². The third-order valence-electron chi connectivity index (χ3n) is 1.91. The Labute approximate surface area is 93.4 Å². The third kappa shape index (κ3) is 3.36. The number of hydrogen-bond donors (Lipinski definition) is 1. The average molecular weight is 226 g/mol. The number of halogens is 1. The zero-order chi connectivity index (χ0) is 11.4. The van der Waals surface area contributed by atoms with Gasteiger partial charge in [0.05, 0.1) is 0 Å². The Kier molecular flexibility index (Phi) is 3.86. The van der Waals surface area contributed by atoms with Crippen LogP contribution in [-0.2, 0) is 4.79 Å². The van der Waals surface area contributed by atoms with Crippen LogP contribution in [0.4, 0.5) is 0 Å². The zero-order valence-corrected chi connectivity index (χ0v) is 9.34. The summed E-state index contributed by atoms with van der Waals surface area (Å²) in [6.45, 7) is 3.44. The van der Waals surface area contributed by atoms with Gasteiger partial charge in [0.1, 0.15) is 5.38 Å². The molecule has 0 saturated heterocycles. The molecule has 0 aromatic heterocycles. The lowest BCUT2D eigenvalue weighted by Gasteiger charge is -2.05. The lowest BCUT2D eigenvalue weighted by Crippen LogP contribution is -2.35. The van der Waals surface area contributed by atoms with Gasteiger partial charge in [0.15, 0.2) is 0 Å². The van der Waals surface area contributed by atoms with Gasteiger partial charge in [0, 0.05) is 5.56 Å². The van der Waals surface area contributed by atoms with Crippen molar-refractivity contribution in [3.63, 3.8) is 0 Å². The predicted octanol–water partition coefficient (Wildman–Crippen LogP) is 1.88. The minimum Gasteiger partial charge on any atom is -0.291 e. The van der Waals surface area contributed by atoms with Crippen LogP contribution in [0, 0.1) is 6.92 Å². The maximum atomic E-state index is 11.5. The minimum absolute atomic E-state index is 0.424. The van der Waals surface area contributed by atoms with Gasteiger partial charge in [-0.05, 0) is 26.0 Å². The third-order valence-corrected chi connectivity index (χ3v) is 2.11. The first-order valence-corrected chi connectivity index (χ1v) is 5.00. The summed E-state index contributed by atoms with van der Waals surface area (Å²) in [5.41, 5.74) is 1.51. The second-order valence-corrected chi connectivity index (χ2v) is 3.96. The summed E-state index contributed by atoms with van der Waals surface area (Å²) >= 11 is 5.52. The molecule has 0 aliphatic carbocycles. The molecule has 4 heteroatoms. The van der Waals surface area contributed by atoms with Crippen LogP contribution in [-0.4, -0.2) is 17.2 Å². The molecule has 0 bridgehead atoms. The summed E-state index contributed by atoms with van der Waals surface area (Å²) in [7, 11) is 0. The van der Waals surface area contributed by atoms with Gasteiger partial charge in [0.25, 0.3) is 5.91 Å². The van der Waals surface area contributed by atoms with Crippen LogP contribution in [0.3, 0.4) is 0 Å². The molecule has 1 N–H and O–H groups in total. The Bertz CT molecular complexity index is 371. The highest BCUT2D eigenvalue weighted by atomic mass is 35.5. The second kappa shape index (κ2) is 4.94. The van der Waals surface area contributed by atoms with Crippen LogP contribution in [0.5, 0.6) is 0 Å². The van der Waals surface area contributed by atoms with Gasteiger partial charge in [-0.3, -0.25) is 14.9 Å². The van der Waals surface area contributed by atoms with Crippen LogP contribution in [0.25, 0.3) is 0 Å². The molecule has 1 atom stereocenters.